The number of hydrogen-bond acceptors (Lipinski definition) is 3. The summed E-state index contributed by atoms with van der Waals surface area (Å²) in [5.41, 5.74) is 7.25. The molecule has 2 aromatic heterocycles. The zero-order valence-electron chi connectivity index (χ0n) is 16.7. The van der Waals surface area contributed by atoms with Crippen LogP contribution in [0.1, 0.15) is 21.5 Å². The van der Waals surface area contributed by atoms with Crippen LogP contribution < -0.4 is 5.32 Å². The van der Waals surface area contributed by atoms with Gasteiger partial charge in [-0.15, -0.1) is 0 Å². The van der Waals surface area contributed by atoms with Crippen molar-refractivity contribution in [1.82, 2.24) is 14.8 Å². The number of carbonyl (C=O) groups is 1. The summed E-state index contributed by atoms with van der Waals surface area (Å²) in [6.07, 6.45) is 3.18. The van der Waals surface area contributed by atoms with Gasteiger partial charge in [0.05, 0.1) is 11.3 Å². The maximum Gasteiger partial charge on any atom is 0.258 e. The lowest BCUT2D eigenvalue weighted by Crippen LogP contribution is -2.14. The van der Waals surface area contributed by atoms with Gasteiger partial charge in [0.25, 0.3) is 5.91 Å². The summed E-state index contributed by atoms with van der Waals surface area (Å²) in [4.78, 5) is 16.4. The Labute approximate surface area is 170 Å². The molecule has 4 rings (SSSR count). The Morgan fingerprint density at radius 1 is 0.897 bits per heavy atom. The van der Waals surface area contributed by atoms with Gasteiger partial charge in [0.1, 0.15) is 5.82 Å². The van der Waals surface area contributed by atoms with Crippen LogP contribution in [0.25, 0.3) is 22.4 Å². The lowest BCUT2D eigenvalue weighted by Gasteiger charge is -2.06. The molecule has 29 heavy (non-hydrogen) atoms. The number of pyridine rings is 1. The molecular formula is C24H22N4O. The molecule has 0 fully saturated rings. The van der Waals surface area contributed by atoms with Crippen molar-refractivity contribution in [1.29, 1.82) is 0 Å². The van der Waals surface area contributed by atoms with E-state index in [0.717, 1.165) is 16.8 Å². The molecule has 1 N–H and O–H groups in total. The van der Waals surface area contributed by atoms with Crippen LogP contribution in [0.15, 0.2) is 73.1 Å². The molecule has 0 unspecified atom stereocenters. The molecule has 4 aromatic rings. The first-order chi connectivity index (χ1) is 14.0. The van der Waals surface area contributed by atoms with E-state index in [1.807, 2.05) is 13.1 Å². The van der Waals surface area contributed by atoms with Crippen LogP contribution in [0.5, 0.6) is 0 Å². The lowest BCUT2D eigenvalue weighted by molar-refractivity contribution is 0.102. The lowest BCUT2D eigenvalue weighted by atomic mass is 9.99. The van der Waals surface area contributed by atoms with Gasteiger partial charge in [0.15, 0.2) is 0 Å². The summed E-state index contributed by atoms with van der Waals surface area (Å²) >= 11 is 0. The quantitative estimate of drug-likeness (QED) is 0.539. The van der Waals surface area contributed by atoms with Gasteiger partial charge in [-0.1, -0.05) is 42.5 Å². The Kier molecular flexibility index (Phi) is 4.96. The highest BCUT2D eigenvalue weighted by atomic mass is 16.1. The van der Waals surface area contributed by atoms with Crippen molar-refractivity contribution >= 4 is 11.7 Å². The summed E-state index contributed by atoms with van der Waals surface area (Å²) in [5, 5.41) is 7.43. The van der Waals surface area contributed by atoms with E-state index < -0.39 is 0 Å². The molecule has 5 heteroatoms. The predicted molar refractivity (Wildman–Crippen MR) is 116 cm³/mol. The Hall–Kier alpha value is -3.73. The summed E-state index contributed by atoms with van der Waals surface area (Å²) in [5.74, 6) is 0.421. The molecule has 0 aliphatic rings. The van der Waals surface area contributed by atoms with Crippen molar-refractivity contribution in [2.24, 2.45) is 7.05 Å². The van der Waals surface area contributed by atoms with E-state index in [4.69, 9.17) is 0 Å². The largest absolute Gasteiger partial charge is 0.307 e. The van der Waals surface area contributed by atoms with Crippen molar-refractivity contribution < 1.29 is 4.79 Å². The topological polar surface area (TPSA) is 59.8 Å². The van der Waals surface area contributed by atoms with E-state index in [2.05, 4.69) is 71.7 Å². The van der Waals surface area contributed by atoms with Crippen LogP contribution in [-0.4, -0.2) is 20.7 Å². The summed E-state index contributed by atoms with van der Waals surface area (Å²) in [7, 11) is 1.81. The van der Waals surface area contributed by atoms with Crippen LogP contribution in [0.3, 0.4) is 0 Å². The minimum Gasteiger partial charge on any atom is -0.307 e. The second-order valence-electron chi connectivity index (χ2n) is 7.11. The number of aryl methyl sites for hydroxylation is 3. The molecule has 0 saturated heterocycles. The fraction of sp³-hybridized carbons (Fsp3) is 0.125. The number of nitrogens with zero attached hydrogens (tertiary/aromatic N) is 3. The number of aromatic nitrogens is 3. The van der Waals surface area contributed by atoms with Crippen molar-refractivity contribution in [3.63, 3.8) is 0 Å². The third-order valence-electron chi connectivity index (χ3n) is 5.07. The molecule has 0 radical (unpaired) electrons. The highest BCUT2D eigenvalue weighted by molar-refractivity contribution is 6.03. The zero-order chi connectivity index (χ0) is 20.4. The number of nitrogens with one attached hydrogen (secondary N) is 1. The number of benzene rings is 2. The van der Waals surface area contributed by atoms with Crippen LogP contribution in [0.4, 0.5) is 5.82 Å². The smallest absolute Gasteiger partial charge is 0.258 e. The highest BCUT2D eigenvalue weighted by Crippen LogP contribution is 2.27. The molecule has 1 amide bonds. The third kappa shape index (κ3) is 3.94. The number of amides is 1. The van der Waals surface area contributed by atoms with E-state index in [0.29, 0.717) is 11.4 Å². The SMILES string of the molecule is Cc1ccc(-c2ccc(-c3cc(NC(=O)c4cccnc4)n(C)n3)cc2)cc1C. The minimum atomic E-state index is -0.210. The van der Waals surface area contributed by atoms with Gasteiger partial charge in [-0.05, 0) is 48.2 Å². The maximum absolute atomic E-state index is 12.4. The van der Waals surface area contributed by atoms with Crippen molar-refractivity contribution in [3.8, 4) is 22.4 Å². The van der Waals surface area contributed by atoms with Gasteiger partial charge < -0.3 is 5.32 Å². The Balaban J connectivity index is 1.55. The molecule has 0 bridgehead atoms. The number of carbonyl (C=O) groups excluding carboxylic acids is 1. The summed E-state index contributed by atoms with van der Waals surface area (Å²) in [6.45, 7) is 4.25. The third-order valence-corrected chi connectivity index (χ3v) is 5.07. The second kappa shape index (κ2) is 7.72. The van der Waals surface area contributed by atoms with E-state index in [-0.39, 0.29) is 5.91 Å². The number of hydrogen-bond donors (Lipinski definition) is 1. The maximum atomic E-state index is 12.4. The first-order valence-electron chi connectivity index (χ1n) is 9.45. The monoisotopic (exact) mass is 382 g/mol. The fourth-order valence-corrected chi connectivity index (χ4v) is 3.17. The Morgan fingerprint density at radius 3 is 2.31 bits per heavy atom. The molecule has 5 nitrogen and oxygen atoms in total. The first-order valence-corrected chi connectivity index (χ1v) is 9.45. The van der Waals surface area contributed by atoms with Crippen molar-refractivity contribution in [3.05, 3.63) is 89.7 Å². The number of anilines is 1. The van der Waals surface area contributed by atoms with Gasteiger partial charge in [-0.2, -0.15) is 5.10 Å². The average molecular weight is 382 g/mol. The molecule has 2 aromatic carbocycles. The van der Waals surface area contributed by atoms with Crippen molar-refractivity contribution in [2.75, 3.05) is 5.32 Å². The van der Waals surface area contributed by atoms with E-state index in [9.17, 15) is 4.79 Å². The molecule has 0 saturated carbocycles. The zero-order valence-corrected chi connectivity index (χ0v) is 16.7. The van der Waals surface area contributed by atoms with Gasteiger partial charge in [0, 0.05) is 31.1 Å². The Morgan fingerprint density at radius 2 is 1.62 bits per heavy atom. The van der Waals surface area contributed by atoms with Crippen LogP contribution in [-0.2, 0) is 7.05 Å². The van der Waals surface area contributed by atoms with Gasteiger partial charge in [-0.3, -0.25) is 14.5 Å². The molecule has 0 spiro atoms. The second-order valence-corrected chi connectivity index (χ2v) is 7.11. The molecule has 2 heterocycles. The van der Waals surface area contributed by atoms with Gasteiger partial charge in [0.2, 0.25) is 0 Å². The van der Waals surface area contributed by atoms with Crippen molar-refractivity contribution in [2.45, 2.75) is 13.8 Å². The number of rotatable bonds is 4. The van der Waals surface area contributed by atoms with Gasteiger partial charge in [-0.25, -0.2) is 0 Å². The van der Waals surface area contributed by atoms with Crippen LogP contribution >= 0.6 is 0 Å². The Bertz CT molecular complexity index is 1160. The van der Waals surface area contributed by atoms with Crippen LogP contribution in [0.2, 0.25) is 0 Å². The van der Waals surface area contributed by atoms with Gasteiger partial charge >= 0.3 is 0 Å². The molecule has 0 aliphatic carbocycles. The minimum absolute atomic E-state index is 0.210. The standard InChI is InChI=1S/C24H22N4O/c1-16-6-7-20(13-17(16)2)18-8-10-19(11-9-18)22-14-23(28(3)27-22)26-24(29)21-5-4-12-25-15-21/h4-15H,1-3H3,(H,26,29). The van der Waals surface area contributed by atoms with E-state index >= 15 is 0 Å². The van der Waals surface area contributed by atoms with E-state index in [1.165, 1.54) is 22.9 Å². The van der Waals surface area contributed by atoms with Crippen LogP contribution in [0, 0.1) is 13.8 Å². The molecule has 0 atom stereocenters. The molecule has 0 aliphatic heterocycles. The highest BCUT2D eigenvalue weighted by Gasteiger charge is 2.12. The molecule has 144 valence electrons. The van der Waals surface area contributed by atoms with E-state index in [1.54, 1.807) is 23.0 Å². The molecular weight excluding hydrogens is 360 g/mol. The predicted octanol–water partition coefficient (Wildman–Crippen LogP) is 5.02. The first kappa shape index (κ1) is 18.6. The summed E-state index contributed by atoms with van der Waals surface area (Å²) in [6, 6.07) is 20.1. The summed E-state index contributed by atoms with van der Waals surface area (Å²) < 4.78 is 1.67. The fourth-order valence-electron chi connectivity index (χ4n) is 3.17. The normalized spacial score (nSPS) is 10.7. The average Bonchev–Trinajstić information content (AvgIpc) is 3.11.